The lowest BCUT2D eigenvalue weighted by Crippen LogP contribution is -2.02. The molecule has 2 aromatic rings. The van der Waals surface area contributed by atoms with Gasteiger partial charge in [-0.15, -0.1) is 0 Å². The van der Waals surface area contributed by atoms with Crippen molar-refractivity contribution in [1.82, 2.24) is 14.9 Å². The minimum atomic E-state index is -2.91. The number of aromatic nitrogens is 3. The average molecular weight is 320 g/mol. The molecule has 0 unspecified atom stereocenters. The summed E-state index contributed by atoms with van der Waals surface area (Å²) in [4.78, 5) is 0. The summed E-state index contributed by atoms with van der Waals surface area (Å²) in [6.07, 6.45) is -1.60. The summed E-state index contributed by atoms with van der Waals surface area (Å²) < 4.78 is 54.1. The Kier molecular flexibility index (Phi) is 4.68. The molecule has 0 aliphatic heterocycles. The number of ether oxygens (including phenoxy) is 1. The highest BCUT2D eigenvalue weighted by Crippen LogP contribution is 2.17. The lowest BCUT2D eigenvalue weighted by molar-refractivity contribution is -0.0498. The molecule has 1 N–H and O–H groups in total. The van der Waals surface area contributed by atoms with E-state index in [1.165, 1.54) is 30.5 Å². The summed E-state index contributed by atoms with van der Waals surface area (Å²) in [5, 5.41) is 9.33. The molecule has 2 rings (SSSR count). The van der Waals surface area contributed by atoms with Gasteiger partial charge in [0.05, 0.1) is 6.21 Å². The molecular weight excluding hydrogens is 312 g/mol. The van der Waals surface area contributed by atoms with Crippen molar-refractivity contribution in [3.8, 4) is 5.75 Å². The third kappa shape index (κ3) is 3.88. The monoisotopic (exact) mass is 320 g/mol. The van der Waals surface area contributed by atoms with Gasteiger partial charge in [-0.25, -0.2) is 13.9 Å². The van der Waals surface area contributed by atoms with Crippen LogP contribution in [-0.2, 0) is 0 Å². The van der Waals surface area contributed by atoms with E-state index >= 15 is 0 Å². The summed E-state index contributed by atoms with van der Waals surface area (Å²) in [7, 11) is 0. The van der Waals surface area contributed by atoms with E-state index in [2.05, 4.69) is 20.0 Å². The van der Waals surface area contributed by atoms with Crippen molar-refractivity contribution in [1.29, 1.82) is 0 Å². The van der Waals surface area contributed by atoms with Gasteiger partial charge >= 0.3 is 6.61 Å². The number of nitrogens with one attached hydrogen (secondary N) is 1. The van der Waals surface area contributed by atoms with Crippen LogP contribution in [0.1, 0.15) is 17.8 Å². The van der Waals surface area contributed by atoms with Gasteiger partial charge in [0.2, 0.25) is 10.6 Å². The molecule has 0 amide bonds. The first-order chi connectivity index (χ1) is 9.97. The molecule has 21 heavy (non-hydrogen) atoms. The quantitative estimate of drug-likeness (QED) is 0.522. The molecule has 0 saturated carbocycles. The molecule has 0 aliphatic rings. The van der Waals surface area contributed by atoms with Crippen LogP contribution in [0, 0.1) is 4.77 Å². The second kappa shape index (κ2) is 6.48. The number of hydrogen-bond acceptors (Lipinski definition) is 4. The van der Waals surface area contributed by atoms with Gasteiger partial charge in [0.15, 0.2) is 0 Å². The molecule has 0 aliphatic carbocycles. The van der Waals surface area contributed by atoms with Crippen LogP contribution in [0.5, 0.6) is 5.75 Å². The second-order valence-electron chi connectivity index (χ2n) is 3.69. The van der Waals surface area contributed by atoms with E-state index in [9.17, 15) is 17.6 Å². The Hall–Kier alpha value is -2.23. The van der Waals surface area contributed by atoms with E-state index in [0.29, 0.717) is 5.56 Å². The molecular formula is C11H8F4N4OS. The molecule has 0 radical (unpaired) electrons. The first-order valence-electron chi connectivity index (χ1n) is 5.52. The van der Waals surface area contributed by atoms with Gasteiger partial charge in [-0.05, 0) is 42.0 Å². The number of rotatable bonds is 5. The SMILES string of the molecule is FC(F)Oc1ccc(/C=N/n2c(C(F)F)n[nH]c2=S)cc1. The Morgan fingerprint density at radius 2 is 1.90 bits per heavy atom. The van der Waals surface area contributed by atoms with Crippen molar-refractivity contribution in [2.24, 2.45) is 5.10 Å². The largest absolute Gasteiger partial charge is 0.435 e. The number of nitrogens with zero attached hydrogens (tertiary/aromatic N) is 3. The van der Waals surface area contributed by atoms with Gasteiger partial charge in [0.25, 0.3) is 6.43 Å². The number of H-pyrrole nitrogens is 1. The maximum atomic E-state index is 12.6. The fraction of sp³-hybridized carbons (Fsp3) is 0.182. The van der Waals surface area contributed by atoms with E-state index in [1.54, 1.807) is 0 Å². The van der Waals surface area contributed by atoms with Crippen LogP contribution in [0.25, 0.3) is 0 Å². The Morgan fingerprint density at radius 1 is 1.24 bits per heavy atom. The van der Waals surface area contributed by atoms with Crippen molar-refractivity contribution < 1.29 is 22.3 Å². The van der Waals surface area contributed by atoms with Crippen LogP contribution < -0.4 is 4.74 Å². The van der Waals surface area contributed by atoms with Crippen LogP contribution in [-0.4, -0.2) is 27.7 Å². The van der Waals surface area contributed by atoms with E-state index in [-0.39, 0.29) is 10.5 Å². The van der Waals surface area contributed by atoms with Crippen molar-refractivity contribution >= 4 is 18.4 Å². The van der Waals surface area contributed by atoms with E-state index in [4.69, 9.17) is 12.2 Å². The number of aromatic amines is 1. The van der Waals surface area contributed by atoms with Gasteiger partial charge in [-0.3, -0.25) is 0 Å². The van der Waals surface area contributed by atoms with Gasteiger partial charge in [-0.1, -0.05) is 0 Å². The zero-order valence-corrected chi connectivity index (χ0v) is 11.0. The second-order valence-corrected chi connectivity index (χ2v) is 4.08. The Labute approximate surface area is 120 Å². The molecule has 1 aromatic carbocycles. The van der Waals surface area contributed by atoms with E-state index < -0.39 is 18.9 Å². The average Bonchev–Trinajstić information content (AvgIpc) is 2.79. The van der Waals surface area contributed by atoms with Crippen LogP contribution in [0.3, 0.4) is 0 Å². The first-order valence-corrected chi connectivity index (χ1v) is 5.93. The summed E-state index contributed by atoms with van der Waals surface area (Å²) >= 11 is 4.77. The summed E-state index contributed by atoms with van der Waals surface area (Å²) in [6, 6.07) is 5.48. The van der Waals surface area contributed by atoms with Crippen LogP contribution in [0.2, 0.25) is 0 Å². The van der Waals surface area contributed by atoms with Crippen LogP contribution in [0.4, 0.5) is 17.6 Å². The number of halogens is 4. The van der Waals surface area contributed by atoms with Gasteiger partial charge < -0.3 is 4.74 Å². The zero-order chi connectivity index (χ0) is 15.4. The normalized spacial score (nSPS) is 11.7. The maximum Gasteiger partial charge on any atom is 0.387 e. The molecule has 0 saturated heterocycles. The summed E-state index contributed by atoms with van der Waals surface area (Å²) in [5.74, 6) is -0.635. The fourth-order valence-corrected chi connectivity index (χ4v) is 1.60. The molecule has 1 heterocycles. The molecule has 5 nitrogen and oxygen atoms in total. The van der Waals surface area contributed by atoms with E-state index in [0.717, 1.165) is 4.68 Å². The molecule has 0 fully saturated rings. The molecule has 10 heteroatoms. The maximum absolute atomic E-state index is 12.6. The predicted octanol–water partition coefficient (Wildman–Crippen LogP) is 3.36. The van der Waals surface area contributed by atoms with Gasteiger partial charge in [-0.2, -0.15) is 23.7 Å². The summed E-state index contributed by atoms with van der Waals surface area (Å²) in [6.45, 7) is -2.91. The zero-order valence-electron chi connectivity index (χ0n) is 10.2. The number of alkyl halides is 4. The Balaban J connectivity index is 2.18. The third-order valence-electron chi connectivity index (χ3n) is 2.30. The topological polar surface area (TPSA) is 55.2 Å². The molecule has 112 valence electrons. The number of hydrogen-bond donors (Lipinski definition) is 1. The molecule has 0 atom stereocenters. The molecule has 0 spiro atoms. The van der Waals surface area contributed by atoms with Crippen molar-refractivity contribution in [2.75, 3.05) is 0 Å². The highest BCUT2D eigenvalue weighted by Gasteiger charge is 2.15. The molecule has 0 bridgehead atoms. The summed E-state index contributed by atoms with van der Waals surface area (Å²) in [5.41, 5.74) is 0.486. The van der Waals surface area contributed by atoms with Gasteiger partial charge in [0.1, 0.15) is 5.75 Å². The fourth-order valence-electron chi connectivity index (χ4n) is 1.42. The third-order valence-corrected chi connectivity index (χ3v) is 2.56. The minimum Gasteiger partial charge on any atom is -0.435 e. The highest BCUT2D eigenvalue weighted by molar-refractivity contribution is 7.71. The van der Waals surface area contributed by atoms with Crippen molar-refractivity contribution in [2.45, 2.75) is 13.0 Å². The Bertz CT molecular complexity index is 680. The van der Waals surface area contributed by atoms with Crippen molar-refractivity contribution in [3.63, 3.8) is 0 Å². The van der Waals surface area contributed by atoms with E-state index in [1.807, 2.05) is 0 Å². The van der Waals surface area contributed by atoms with Gasteiger partial charge in [0, 0.05) is 0 Å². The van der Waals surface area contributed by atoms with Crippen molar-refractivity contribution in [3.05, 3.63) is 40.4 Å². The first kappa shape index (κ1) is 15.2. The lowest BCUT2D eigenvalue weighted by atomic mass is 10.2. The smallest absolute Gasteiger partial charge is 0.387 e. The standard InChI is InChI=1S/C11H8F4N4OS/c12-8(13)9-17-18-11(21)19(9)16-5-6-1-3-7(4-2-6)20-10(14)15/h1-5,8,10H,(H,18,21)/b16-5+. The highest BCUT2D eigenvalue weighted by atomic mass is 32.1. The molecule has 1 aromatic heterocycles. The van der Waals surface area contributed by atoms with Crippen LogP contribution in [0.15, 0.2) is 29.4 Å². The minimum absolute atomic E-state index is 0.0182. The van der Waals surface area contributed by atoms with Crippen LogP contribution >= 0.6 is 12.2 Å². The lowest BCUT2D eigenvalue weighted by Gasteiger charge is -2.03. The predicted molar refractivity (Wildman–Crippen MR) is 68.4 cm³/mol. The Morgan fingerprint density at radius 3 is 2.48 bits per heavy atom. The number of benzene rings is 1.